The number of hydrogen-bond acceptors (Lipinski definition) is 3. The average Bonchev–Trinajstić information content (AvgIpc) is 2.13. The summed E-state index contributed by atoms with van der Waals surface area (Å²) >= 11 is 0. The standard InChI is InChI=1S/C6H12O3/c1-4-5(2)9-6(7-3)8-4/h4-6H,1-3H3/t4-,5?,6?/m0/s1. The molecule has 0 aliphatic carbocycles. The molecule has 0 bridgehead atoms. The summed E-state index contributed by atoms with van der Waals surface area (Å²) in [7, 11) is 1.56. The summed E-state index contributed by atoms with van der Waals surface area (Å²) in [6.45, 7) is 3.47. The van der Waals surface area contributed by atoms with Crippen molar-refractivity contribution >= 4 is 0 Å². The van der Waals surface area contributed by atoms with Crippen molar-refractivity contribution in [2.75, 3.05) is 7.11 Å². The SMILES string of the molecule is COC1OC(C)[C@H](C)O1. The van der Waals surface area contributed by atoms with E-state index in [0.29, 0.717) is 0 Å². The monoisotopic (exact) mass is 132 g/mol. The Balaban J connectivity index is 2.35. The van der Waals surface area contributed by atoms with E-state index in [4.69, 9.17) is 14.2 Å². The molecule has 1 aliphatic rings. The van der Waals surface area contributed by atoms with Gasteiger partial charge in [0.1, 0.15) is 0 Å². The van der Waals surface area contributed by atoms with Gasteiger partial charge in [-0.15, -0.1) is 0 Å². The van der Waals surface area contributed by atoms with Crippen molar-refractivity contribution in [2.24, 2.45) is 0 Å². The lowest BCUT2D eigenvalue weighted by atomic mass is 10.3. The molecule has 3 nitrogen and oxygen atoms in total. The molecule has 54 valence electrons. The van der Waals surface area contributed by atoms with Crippen molar-refractivity contribution in [3.05, 3.63) is 0 Å². The highest BCUT2D eigenvalue weighted by atomic mass is 16.9. The molecule has 1 rings (SSSR count). The Bertz CT molecular complexity index is 84.3. The number of methoxy groups -OCH3 is 1. The molecule has 1 saturated heterocycles. The number of ether oxygens (including phenoxy) is 3. The molecule has 3 atom stereocenters. The van der Waals surface area contributed by atoms with Crippen LogP contribution < -0.4 is 0 Å². The average molecular weight is 132 g/mol. The summed E-state index contributed by atoms with van der Waals surface area (Å²) in [5.41, 5.74) is 0. The lowest BCUT2D eigenvalue weighted by Gasteiger charge is -2.04. The minimum atomic E-state index is -0.449. The van der Waals surface area contributed by atoms with E-state index in [0.717, 1.165) is 0 Å². The van der Waals surface area contributed by atoms with Crippen LogP contribution in [0.2, 0.25) is 0 Å². The first-order valence-electron chi connectivity index (χ1n) is 3.07. The van der Waals surface area contributed by atoms with Crippen LogP contribution in [0.4, 0.5) is 0 Å². The van der Waals surface area contributed by atoms with Gasteiger partial charge in [-0.3, -0.25) is 0 Å². The molecular weight excluding hydrogens is 120 g/mol. The third-order valence-electron chi connectivity index (χ3n) is 1.51. The molecule has 0 aromatic carbocycles. The topological polar surface area (TPSA) is 27.7 Å². The molecule has 0 aromatic rings. The van der Waals surface area contributed by atoms with Gasteiger partial charge in [0, 0.05) is 7.11 Å². The van der Waals surface area contributed by atoms with Crippen molar-refractivity contribution in [3.63, 3.8) is 0 Å². The van der Waals surface area contributed by atoms with Crippen LogP contribution in [0.25, 0.3) is 0 Å². The van der Waals surface area contributed by atoms with Crippen molar-refractivity contribution in [1.29, 1.82) is 0 Å². The van der Waals surface area contributed by atoms with Gasteiger partial charge < -0.3 is 14.2 Å². The molecule has 1 heterocycles. The Morgan fingerprint density at radius 3 is 1.78 bits per heavy atom. The third-order valence-corrected chi connectivity index (χ3v) is 1.51. The molecule has 3 heteroatoms. The van der Waals surface area contributed by atoms with Gasteiger partial charge in [-0.1, -0.05) is 0 Å². The Morgan fingerprint density at radius 2 is 1.56 bits per heavy atom. The Labute approximate surface area is 54.9 Å². The minimum absolute atomic E-state index is 0.148. The predicted octanol–water partition coefficient (Wildman–Crippen LogP) is 0.740. The zero-order chi connectivity index (χ0) is 6.85. The summed E-state index contributed by atoms with van der Waals surface area (Å²) in [4.78, 5) is 0. The van der Waals surface area contributed by atoms with Gasteiger partial charge in [0.05, 0.1) is 12.2 Å². The zero-order valence-corrected chi connectivity index (χ0v) is 5.96. The summed E-state index contributed by atoms with van der Waals surface area (Å²) in [5, 5.41) is 0. The van der Waals surface area contributed by atoms with E-state index in [2.05, 4.69) is 0 Å². The second-order valence-corrected chi connectivity index (χ2v) is 2.21. The molecule has 0 spiro atoms. The van der Waals surface area contributed by atoms with E-state index >= 15 is 0 Å². The van der Waals surface area contributed by atoms with Crippen LogP contribution in [0, 0.1) is 0 Å². The highest BCUT2D eigenvalue weighted by Gasteiger charge is 2.28. The van der Waals surface area contributed by atoms with Crippen molar-refractivity contribution < 1.29 is 14.2 Å². The Hall–Kier alpha value is -0.120. The number of rotatable bonds is 1. The molecule has 9 heavy (non-hydrogen) atoms. The van der Waals surface area contributed by atoms with Crippen LogP contribution in [-0.2, 0) is 14.2 Å². The zero-order valence-electron chi connectivity index (χ0n) is 5.96. The van der Waals surface area contributed by atoms with Crippen LogP contribution in [0.15, 0.2) is 0 Å². The maximum absolute atomic E-state index is 5.18. The predicted molar refractivity (Wildman–Crippen MR) is 31.9 cm³/mol. The van der Waals surface area contributed by atoms with Gasteiger partial charge >= 0.3 is 0 Å². The highest BCUT2D eigenvalue weighted by Crippen LogP contribution is 2.17. The van der Waals surface area contributed by atoms with Crippen LogP contribution in [0.3, 0.4) is 0 Å². The largest absolute Gasteiger partial charge is 0.333 e. The van der Waals surface area contributed by atoms with Gasteiger partial charge in [0.25, 0.3) is 6.48 Å². The Morgan fingerprint density at radius 1 is 1.11 bits per heavy atom. The van der Waals surface area contributed by atoms with Gasteiger partial charge in [-0.2, -0.15) is 0 Å². The summed E-state index contributed by atoms with van der Waals surface area (Å²) in [6, 6.07) is 0. The quantitative estimate of drug-likeness (QED) is 0.526. The maximum Gasteiger partial charge on any atom is 0.272 e. The van der Waals surface area contributed by atoms with E-state index in [1.165, 1.54) is 0 Å². The van der Waals surface area contributed by atoms with Gasteiger partial charge in [0.15, 0.2) is 0 Å². The van der Waals surface area contributed by atoms with E-state index in [-0.39, 0.29) is 12.2 Å². The molecule has 0 N–H and O–H groups in total. The van der Waals surface area contributed by atoms with E-state index in [9.17, 15) is 0 Å². The second kappa shape index (κ2) is 2.64. The smallest absolute Gasteiger partial charge is 0.272 e. The molecule has 2 unspecified atom stereocenters. The molecule has 0 saturated carbocycles. The second-order valence-electron chi connectivity index (χ2n) is 2.21. The lowest BCUT2D eigenvalue weighted by molar-refractivity contribution is -0.226. The molecule has 1 fully saturated rings. The highest BCUT2D eigenvalue weighted by molar-refractivity contribution is 4.64. The van der Waals surface area contributed by atoms with E-state index < -0.39 is 6.48 Å². The molecule has 0 aromatic heterocycles. The molecule has 0 radical (unpaired) electrons. The van der Waals surface area contributed by atoms with Crippen LogP contribution in [0.1, 0.15) is 13.8 Å². The fraction of sp³-hybridized carbons (Fsp3) is 1.00. The minimum Gasteiger partial charge on any atom is -0.333 e. The first-order valence-corrected chi connectivity index (χ1v) is 3.07. The summed E-state index contributed by atoms with van der Waals surface area (Å²) < 4.78 is 15.2. The van der Waals surface area contributed by atoms with Crippen molar-refractivity contribution in [3.8, 4) is 0 Å². The Kier molecular flexibility index (Phi) is 2.05. The van der Waals surface area contributed by atoms with Crippen LogP contribution in [-0.4, -0.2) is 25.8 Å². The van der Waals surface area contributed by atoms with Gasteiger partial charge in [-0.25, -0.2) is 0 Å². The lowest BCUT2D eigenvalue weighted by Crippen LogP contribution is -2.13. The van der Waals surface area contributed by atoms with Crippen molar-refractivity contribution in [2.45, 2.75) is 32.5 Å². The number of hydrogen-bond donors (Lipinski definition) is 0. The fourth-order valence-electron chi connectivity index (χ4n) is 0.715. The fourth-order valence-corrected chi connectivity index (χ4v) is 0.715. The molecule has 1 aliphatic heterocycles. The first kappa shape index (κ1) is 6.99. The third kappa shape index (κ3) is 1.41. The first-order chi connectivity index (χ1) is 4.24. The van der Waals surface area contributed by atoms with Crippen LogP contribution >= 0.6 is 0 Å². The van der Waals surface area contributed by atoms with Gasteiger partial charge in [-0.05, 0) is 13.8 Å². The maximum atomic E-state index is 5.18. The van der Waals surface area contributed by atoms with Crippen molar-refractivity contribution in [1.82, 2.24) is 0 Å². The normalized spacial score (nSPS) is 43.7. The van der Waals surface area contributed by atoms with E-state index in [1.54, 1.807) is 7.11 Å². The molecule has 0 amide bonds. The molecular formula is C6H12O3. The van der Waals surface area contributed by atoms with Gasteiger partial charge in [0.2, 0.25) is 0 Å². The van der Waals surface area contributed by atoms with E-state index in [1.807, 2.05) is 13.8 Å². The van der Waals surface area contributed by atoms with Crippen LogP contribution in [0.5, 0.6) is 0 Å². The summed E-state index contributed by atoms with van der Waals surface area (Å²) in [6.07, 6.45) is 0.296. The summed E-state index contributed by atoms with van der Waals surface area (Å²) in [5.74, 6) is 0.